The maximum Gasteiger partial charge on any atom is 0.228 e. The molecule has 33 heavy (non-hydrogen) atoms. The number of nitrogens with zero attached hydrogens (tertiary/aromatic N) is 6. The average molecular weight is 446 g/mol. The van der Waals surface area contributed by atoms with Gasteiger partial charge in [0, 0.05) is 31.7 Å². The van der Waals surface area contributed by atoms with Crippen LogP contribution in [0.1, 0.15) is 0 Å². The summed E-state index contributed by atoms with van der Waals surface area (Å²) in [7, 11) is 5.42. The summed E-state index contributed by atoms with van der Waals surface area (Å²) in [5.74, 6) is 2.66. The van der Waals surface area contributed by atoms with Crippen LogP contribution in [0.3, 0.4) is 0 Å². The summed E-state index contributed by atoms with van der Waals surface area (Å²) in [6.45, 7) is 3.62. The van der Waals surface area contributed by atoms with Gasteiger partial charge in [0.1, 0.15) is 17.3 Å². The van der Waals surface area contributed by atoms with Crippen LogP contribution in [-0.4, -0.2) is 72.1 Å². The van der Waals surface area contributed by atoms with Gasteiger partial charge >= 0.3 is 0 Å². The van der Waals surface area contributed by atoms with E-state index in [4.69, 9.17) is 30.3 Å². The van der Waals surface area contributed by atoms with E-state index < -0.39 is 0 Å². The van der Waals surface area contributed by atoms with Gasteiger partial charge < -0.3 is 25.0 Å². The van der Waals surface area contributed by atoms with Gasteiger partial charge in [-0.05, 0) is 43.4 Å². The second kappa shape index (κ2) is 8.59. The summed E-state index contributed by atoms with van der Waals surface area (Å²) in [6.07, 6.45) is 0. The number of benzene rings is 2. The van der Waals surface area contributed by atoms with E-state index in [1.807, 2.05) is 48.5 Å². The fraction of sp³-hybridized carbons (Fsp3) is 0.292. The summed E-state index contributed by atoms with van der Waals surface area (Å²) < 4.78 is 12.4. The van der Waals surface area contributed by atoms with Crippen LogP contribution in [0.2, 0.25) is 0 Å². The van der Waals surface area contributed by atoms with Crippen molar-refractivity contribution < 1.29 is 9.47 Å². The number of anilines is 2. The maximum absolute atomic E-state index is 6.63. The number of nitrogens with two attached hydrogens (primary N) is 1. The third kappa shape index (κ3) is 3.91. The highest BCUT2D eigenvalue weighted by Crippen LogP contribution is 2.35. The summed E-state index contributed by atoms with van der Waals surface area (Å²) in [6, 6.07) is 15.4. The van der Waals surface area contributed by atoms with Crippen LogP contribution in [0, 0.1) is 0 Å². The monoisotopic (exact) mass is 445 g/mol. The molecule has 2 aromatic carbocycles. The first kappa shape index (κ1) is 21.0. The number of aromatic nitrogens is 4. The first-order chi connectivity index (χ1) is 16.1. The van der Waals surface area contributed by atoms with Crippen molar-refractivity contribution in [3.63, 3.8) is 0 Å². The van der Waals surface area contributed by atoms with Gasteiger partial charge in [0.05, 0.1) is 31.0 Å². The van der Waals surface area contributed by atoms with Gasteiger partial charge in [-0.2, -0.15) is 4.98 Å². The van der Waals surface area contributed by atoms with E-state index in [1.165, 1.54) is 0 Å². The van der Waals surface area contributed by atoms with Crippen molar-refractivity contribution in [2.45, 2.75) is 0 Å². The molecule has 170 valence electrons. The molecule has 1 aliphatic rings. The number of hydrogen-bond donors (Lipinski definition) is 1. The predicted molar refractivity (Wildman–Crippen MR) is 129 cm³/mol. The zero-order valence-electron chi connectivity index (χ0n) is 19.0. The van der Waals surface area contributed by atoms with Gasteiger partial charge in [0.2, 0.25) is 5.95 Å². The van der Waals surface area contributed by atoms with Gasteiger partial charge in [-0.1, -0.05) is 12.1 Å². The van der Waals surface area contributed by atoms with Crippen LogP contribution in [0.15, 0.2) is 48.5 Å². The molecule has 0 aliphatic carbocycles. The molecule has 0 saturated carbocycles. The Bertz CT molecular complexity index is 1280. The van der Waals surface area contributed by atoms with Gasteiger partial charge in [-0.15, -0.1) is 5.10 Å². The first-order valence-corrected chi connectivity index (χ1v) is 10.9. The van der Waals surface area contributed by atoms with E-state index in [1.54, 1.807) is 18.9 Å². The second-order valence-electron chi connectivity index (χ2n) is 8.09. The van der Waals surface area contributed by atoms with Crippen molar-refractivity contribution in [2.24, 2.45) is 0 Å². The standard InChI is InChI=1S/C24H27N7O2/c1-29-11-13-30(14-12-29)24-26-21(16-5-4-6-19(15-16)33-3)20-22(25)31(28-23(20)27-24)17-7-9-18(32-2)10-8-17/h4-10,15H,11-14,25H2,1-3H3. The number of methoxy groups -OCH3 is 2. The van der Waals surface area contributed by atoms with Gasteiger partial charge in [-0.3, -0.25) is 0 Å². The SMILES string of the molecule is COc1ccc(-n2nc3nc(N4CCN(C)CC4)nc(-c4cccc(OC)c4)c3c2N)cc1. The van der Waals surface area contributed by atoms with E-state index >= 15 is 0 Å². The van der Waals surface area contributed by atoms with Crippen LogP contribution < -0.4 is 20.1 Å². The highest BCUT2D eigenvalue weighted by atomic mass is 16.5. The maximum atomic E-state index is 6.63. The fourth-order valence-electron chi connectivity index (χ4n) is 4.05. The highest BCUT2D eigenvalue weighted by Gasteiger charge is 2.23. The largest absolute Gasteiger partial charge is 0.497 e. The minimum Gasteiger partial charge on any atom is -0.497 e. The molecule has 2 aromatic heterocycles. The minimum absolute atomic E-state index is 0.484. The molecule has 0 spiro atoms. The van der Waals surface area contributed by atoms with Crippen molar-refractivity contribution >= 4 is 22.8 Å². The molecule has 3 heterocycles. The van der Waals surface area contributed by atoms with E-state index in [0.717, 1.165) is 60.0 Å². The van der Waals surface area contributed by atoms with E-state index in [9.17, 15) is 0 Å². The smallest absolute Gasteiger partial charge is 0.228 e. The molecule has 2 N–H and O–H groups in total. The molecule has 4 aromatic rings. The van der Waals surface area contributed by atoms with Gasteiger partial charge in [0.15, 0.2) is 5.65 Å². The molecular weight excluding hydrogens is 418 g/mol. The molecule has 1 aliphatic heterocycles. The Balaban J connectivity index is 1.69. The van der Waals surface area contributed by atoms with Crippen molar-refractivity contribution in [1.29, 1.82) is 0 Å². The van der Waals surface area contributed by atoms with Crippen molar-refractivity contribution in [1.82, 2.24) is 24.6 Å². The molecule has 0 bridgehead atoms. The molecule has 1 fully saturated rings. The predicted octanol–water partition coefficient (Wildman–Crippen LogP) is 2.83. The number of hydrogen-bond acceptors (Lipinski definition) is 8. The Morgan fingerprint density at radius 2 is 1.61 bits per heavy atom. The Morgan fingerprint density at radius 1 is 0.879 bits per heavy atom. The van der Waals surface area contributed by atoms with Crippen LogP contribution in [0.5, 0.6) is 11.5 Å². The summed E-state index contributed by atoms with van der Waals surface area (Å²) >= 11 is 0. The highest BCUT2D eigenvalue weighted by molar-refractivity contribution is 5.99. The molecule has 0 unspecified atom stereocenters. The number of rotatable bonds is 5. The molecule has 1 saturated heterocycles. The quantitative estimate of drug-likeness (QED) is 0.501. The lowest BCUT2D eigenvalue weighted by Crippen LogP contribution is -2.45. The lowest BCUT2D eigenvalue weighted by Gasteiger charge is -2.32. The fourth-order valence-corrected chi connectivity index (χ4v) is 4.05. The van der Waals surface area contributed by atoms with Crippen molar-refractivity contribution in [3.05, 3.63) is 48.5 Å². The van der Waals surface area contributed by atoms with Crippen molar-refractivity contribution in [3.8, 4) is 28.4 Å². The summed E-state index contributed by atoms with van der Waals surface area (Å²) in [5, 5.41) is 5.49. The van der Waals surface area contributed by atoms with E-state index in [0.29, 0.717) is 17.4 Å². The molecule has 0 radical (unpaired) electrons. The number of fused-ring (bicyclic) bond motifs is 1. The topological polar surface area (TPSA) is 94.6 Å². The molecule has 5 rings (SSSR count). The average Bonchev–Trinajstić information content (AvgIpc) is 3.20. The van der Waals surface area contributed by atoms with Crippen LogP contribution in [-0.2, 0) is 0 Å². The summed E-state index contributed by atoms with van der Waals surface area (Å²) in [4.78, 5) is 14.3. The Morgan fingerprint density at radius 3 is 2.30 bits per heavy atom. The zero-order chi connectivity index (χ0) is 22.9. The number of nitrogen functional groups attached to an aromatic ring is 1. The first-order valence-electron chi connectivity index (χ1n) is 10.9. The van der Waals surface area contributed by atoms with Crippen LogP contribution in [0.25, 0.3) is 28.0 Å². The molecule has 9 nitrogen and oxygen atoms in total. The van der Waals surface area contributed by atoms with Crippen LogP contribution in [0.4, 0.5) is 11.8 Å². The lowest BCUT2D eigenvalue weighted by atomic mass is 10.1. The third-order valence-corrected chi connectivity index (χ3v) is 6.00. The molecule has 0 atom stereocenters. The van der Waals surface area contributed by atoms with Gasteiger partial charge in [0.25, 0.3) is 0 Å². The lowest BCUT2D eigenvalue weighted by molar-refractivity contribution is 0.311. The number of piperazine rings is 1. The van der Waals surface area contributed by atoms with E-state index in [2.05, 4.69) is 16.8 Å². The Kier molecular flexibility index (Phi) is 5.47. The normalized spacial score (nSPS) is 14.6. The Labute approximate surface area is 192 Å². The minimum atomic E-state index is 0.484. The zero-order valence-corrected chi connectivity index (χ0v) is 19.0. The second-order valence-corrected chi connectivity index (χ2v) is 8.09. The molecular formula is C24H27N7O2. The van der Waals surface area contributed by atoms with Crippen molar-refractivity contribution in [2.75, 3.05) is 58.1 Å². The summed E-state index contributed by atoms with van der Waals surface area (Å²) in [5.41, 5.74) is 9.66. The van der Waals surface area contributed by atoms with E-state index in [-0.39, 0.29) is 0 Å². The van der Waals surface area contributed by atoms with Gasteiger partial charge in [-0.25, -0.2) is 9.67 Å². The van der Waals surface area contributed by atoms with Crippen LogP contribution >= 0.6 is 0 Å². The Hall–Kier alpha value is -3.85. The third-order valence-electron chi connectivity index (χ3n) is 6.00. The number of ether oxygens (including phenoxy) is 2. The molecule has 9 heteroatoms. The molecule has 0 amide bonds. The number of likely N-dealkylation sites (N-methyl/N-ethyl adjacent to an activating group) is 1.